The molecule has 0 saturated heterocycles. The molecule has 0 unspecified atom stereocenters. The molecule has 3 nitrogen and oxygen atoms in total. The highest BCUT2D eigenvalue weighted by atomic mass is 15.2. The number of rotatable bonds is 1. The maximum atomic E-state index is 4.76. The van der Waals surface area contributed by atoms with Gasteiger partial charge in [-0.15, -0.1) is 0 Å². The van der Waals surface area contributed by atoms with E-state index in [-0.39, 0.29) is 6.85 Å². The lowest BCUT2D eigenvalue weighted by atomic mass is 9.43. The van der Waals surface area contributed by atoms with Gasteiger partial charge in [0.25, 0.3) is 0 Å². The van der Waals surface area contributed by atoms with Gasteiger partial charge in [-0.05, 0) is 34.7 Å². The molecule has 3 aliphatic rings. The third-order valence-corrected chi connectivity index (χ3v) is 7.78. The van der Waals surface area contributed by atoms with Gasteiger partial charge in [0, 0.05) is 56.1 Å². The number of nitrogens with zero attached hydrogens (tertiary/aromatic N) is 3. The van der Waals surface area contributed by atoms with Crippen LogP contribution < -0.4 is 15.8 Å². The summed E-state index contributed by atoms with van der Waals surface area (Å²) in [5, 5.41) is 2.67. The van der Waals surface area contributed by atoms with E-state index in [1.807, 2.05) is 6.20 Å². The maximum absolute atomic E-state index is 4.76. The van der Waals surface area contributed by atoms with Gasteiger partial charge in [0.05, 0.1) is 11.9 Å². The smallest absolute Gasteiger partial charge is 0.333 e. The molecule has 0 saturated carbocycles. The summed E-state index contributed by atoms with van der Waals surface area (Å²) in [4.78, 5) is 7.16. The molecule has 0 spiro atoms. The normalized spacial score (nSPS) is 13.9. The largest absolute Gasteiger partial charge is 0.375 e. The summed E-state index contributed by atoms with van der Waals surface area (Å²) in [7, 11) is 0. The van der Waals surface area contributed by atoms with Crippen molar-refractivity contribution >= 4 is 56.6 Å². The van der Waals surface area contributed by atoms with Gasteiger partial charge in [-0.2, -0.15) is 0 Å². The number of aromatic nitrogens is 2. The summed E-state index contributed by atoms with van der Waals surface area (Å²) in [5.74, 6) is 0. The summed E-state index contributed by atoms with van der Waals surface area (Å²) < 4.78 is 2.62. The molecule has 2 aromatic heterocycles. The second kappa shape index (κ2) is 5.36. The number of para-hydroxylation sites is 3. The predicted octanol–water partition coefficient (Wildman–Crippen LogP) is 5.59. The first-order valence-corrected chi connectivity index (χ1v) is 11.4. The van der Waals surface area contributed by atoms with Crippen LogP contribution in [0.3, 0.4) is 0 Å². The minimum atomic E-state index is 0.161. The highest BCUT2D eigenvalue weighted by Crippen LogP contribution is 2.48. The van der Waals surface area contributed by atoms with E-state index in [1.165, 1.54) is 72.0 Å². The van der Waals surface area contributed by atoms with Crippen LogP contribution in [0.5, 0.6) is 0 Å². The van der Waals surface area contributed by atoms with Gasteiger partial charge in [-0.1, -0.05) is 66.7 Å². The van der Waals surface area contributed by atoms with E-state index in [1.54, 1.807) is 0 Å². The number of hydrogen-bond acceptors (Lipinski definition) is 2. The summed E-state index contributed by atoms with van der Waals surface area (Å²) in [6, 6.07) is 31.0. The first-order chi connectivity index (χ1) is 16.4. The van der Waals surface area contributed by atoms with Crippen LogP contribution in [-0.4, -0.2) is 16.3 Å². The first kappa shape index (κ1) is 16.3. The third-order valence-electron chi connectivity index (χ3n) is 7.78. The van der Waals surface area contributed by atoms with E-state index in [2.05, 4.69) is 101 Å². The summed E-state index contributed by atoms with van der Waals surface area (Å²) in [6.07, 6.45) is 4.12. The molecule has 0 atom stereocenters. The van der Waals surface area contributed by atoms with Crippen LogP contribution in [0.1, 0.15) is 0 Å². The lowest BCUT2D eigenvalue weighted by molar-refractivity contribution is 1.21. The fourth-order valence-corrected chi connectivity index (χ4v) is 6.64. The zero-order valence-electron chi connectivity index (χ0n) is 17.7. The van der Waals surface area contributed by atoms with Crippen LogP contribution >= 0.6 is 0 Å². The predicted molar refractivity (Wildman–Crippen MR) is 137 cm³/mol. The SMILES string of the molecule is c1ccc(N2c3cccc4c3B3c5c(cncc52)-c2cccc5c6cccc-4c6n3c25)cc1. The fraction of sp³-hybridized carbons (Fsp3) is 0. The van der Waals surface area contributed by atoms with Crippen molar-refractivity contribution in [1.82, 2.24) is 9.46 Å². The number of fused-ring (bicyclic) bond motifs is 3. The Kier molecular flexibility index (Phi) is 2.65. The second-order valence-corrected chi connectivity index (χ2v) is 9.21. The van der Waals surface area contributed by atoms with Crippen molar-refractivity contribution < 1.29 is 0 Å². The first-order valence-electron chi connectivity index (χ1n) is 11.4. The molecule has 3 aliphatic heterocycles. The van der Waals surface area contributed by atoms with E-state index in [0.717, 1.165) is 0 Å². The Morgan fingerprint density at radius 1 is 0.545 bits per heavy atom. The molecule has 5 heterocycles. The Morgan fingerprint density at radius 3 is 2.00 bits per heavy atom. The molecule has 6 aromatic rings. The molecule has 9 rings (SSSR count). The van der Waals surface area contributed by atoms with Gasteiger partial charge in [0.15, 0.2) is 0 Å². The minimum absolute atomic E-state index is 0.161. The number of pyridine rings is 1. The number of anilines is 3. The van der Waals surface area contributed by atoms with E-state index in [4.69, 9.17) is 4.98 Å². The Labute approximate surface area is 190 Å². The standard InChI is InChI=1S/C29H16BN3/c1-2-7-17(8-3-1)32-24-14-6-9-18-19-10-4-11-20-21-12-5-13-22-23-15-31-16-25(32)27(23)30(26(18)24)33(28(19)20)29(21)22/h1-16H. The monoisotopic (exact) mass is 417 g/mol. The number of hydrogen-bond donors (Lipinski definition) is 0. The van der Waals surface area contributed by atoms with Crippen molar-refractivity contribution in [1.29, 1.82) is 0 Å². The topological polar surface area (TPSA) is 21.1 Å². The van der Waals surface area contributed by atoms with E-state index >= 15 is 0 Å². The van der Waals surface area contributed by atoms with Gasteiger partial charge >= 0.3 is 6.85 Å². The lowest BCUT2D eigenvalue weighted by Crippen LogP contribution is -2.58. The maximum Gasteiger partial charge on any atom is 0.333 e. The highest BCUT2D eigenvalue weighted by molar-refractivity contribution is 6.91. The molecule has 0 N–H and O–H groups in total. The van der Waals surface area contributed by atoms with Crippen LogP contribution in [0.4, 0.5) is 17.1 Å². The molecule has 0 fully saturated rings. The molecule has 4 heteroatoms. The minimum Gasteiger partial charge on any atom is -0.375 e. The molecule has 0 aliphatic carbocycles. The molecule has 0 bridgehead atoms. The third kappa shape index (κ3) is 1.70. The molecule has 150 valence electrons. The highest BCUT2D eigenvalue weighted by Gasteiger charge is 2.46. The lowest BCUT2D eigenvalue weighted by Gasteiger charge is -2.42. The Bertz CT molecular complexity index is 1720. The molecular formula is C29H16BN3. The zero-order valence-corrected chi connectivity index (χ0v) is 17.7. The van der Waals surface area contributed by atoms with Gasteiger partial charge in [-0.3, -0.25) is 4.98 Å². The molecule has 0 amide bonds. The van der Waals surface area contributed by atoms with Crippen LogP contribution in [0, 0.1) is 0 Å². The Balaban J connectivity index is 1.58. The molecule has 0 radical (unpaired) electrons. The van der Waals surface area contributed by atoms with Crippen molar-refractivity contribution in [2.45, 2.75) is 0 Å². The summed E-state index contributed by atoms with van der Waals surface area (Å²) in [6.45, 7) is 0.161. The Morgan fingerprint density at radius 2 is 1.21 bits per heavy atom. The van der Waals surface area contributed by atoms with Crippen LogP contribution in [0.2, 0.25) is 0 Å². The van der Waals surface area contributed by atoms with Crippen LogP contribution in [0.15, 0.2) is 97.3 Å². The summed E-state index contributed by atoms with van der Waals surface area (Å²) in [5.41, 5.74) is 14.3. The van der Waals surface area contributed by atoms with Gasteiger partial charge in [0.2, 0.25) is 0 Å². The van der Waals surface area contributed by atoms with Crippen molar-refractivity contribution in [2.24, 2.45) is 0 Å². The van der Waals surface area contributed by atoms with E-state index in [0.29, 0.717) is 0 Å². The quantitative estimate of drug-likeness (QED) is 0.325. The second-order valence-electron chi connectivity index (χ2n) is 9.21. The fourth-order valence-electron chi connectivity index (χ4n) is 6.64. The van der Waals surface area contributed by atoms with Crippen LogP contribution in [-0.2, 0) is 0 Å². The average Bonchev–Trinajstić information content (AvgIpc) is 3.22. The van der Waals surface area contributed by atoms with Gasteiger partial charge in [-0.25, -0.2) is 0 Å². The molecule has 4 aromatic carbocycles. The van der Waals surface area contributed by atoms with Crippen molar-refractivity contribution in [3.63, 3.8) is 0 Å². The van der Waals surface area contributed by atoms with Gasteiger partial charge < -0.3 is 9.38 Å². The van der Waals surface area contributed by atoms with E-state index < -0.39 is 0 Å². The zero-order chi connectivity index (χ0) is 21.3. The van der Waals surface area contributed by atoms with Crippen LogP contribution in [0.25, 0.3) is 44.1 Å². The number of benzene rings is 4. The van der Waals surface area contributed by atoms with Crippen molar-refractivity contribution in [3.05, 3.63) is 97.3 Å². The van der Waals surface area contributed by atoms with Crippen molar-refractivity contribution in [3.8, 4) is 22.3 Å². The Hall–Kier alpha value is -4.31. The van der Waals surface area contributed by atoms with Crippen molar-refractivity contribution in [2.75, 3.05) is 4.90 Å². The average molecular weight is 417 g/mol. The summed E-state index contributed by atoms with van der Waals surface area (Å²) >= 11 is 0. The molecule has 33 heavy (non-hydrogen) atoms. The van der Waals surface area contributed by atoms with E-state index in [9.17, 15) is 0 Å². The molecular weight excluding hydrogens is 401 g/mol. The van der Waals surface area contributed by atoms with Gasteiger partial charge in [0.1, 0.15) is 0 Å².